The maximum atomic E-state index is 12.0. The van der Waals surface area contributed by atoms with E-state index in [1.807, 2.05) is 0 Å². The van der Waals surface area contributed by atoms with Gasteiger partial charge in [0.15, 0.2) is 9.84 Å². The van der Waals surface area contributed by atoms with Crippen LogP contribution in [0.4, 0.5) is 0 Å². The van der Waals surface area contributed by atoms with Crippen LogP contribution in [0.25, 0.3) is 0 Å². The number of hydrogen-bond acceptors (Lipinski definition) is 5. The highest BCUT2D eigenvalue weighted by Gasteiger charge is 2.33. The van der Waals surface area contributed by atoms with E-state index in [2.05, 4.69) is 5.48 Å². The monoisotopic (exact) mass is 257 g/mol. The maximum Gasteiger partial charge on any atom is 0.185 e. The molecule has 94 valence electrons. The first-order chi connectivity index (χ1) is 8.14. The number of benzene rings is 1. The zero-order valence-electron chi connectivity index (χ0n) is 9.55. The highest BCUT2D eigenvalue weighted by molar-refractivity contribution is 7.92. The van der Waals surface area contributed by atoms with Crippen molar-refractivity contribution in [1.29, 1.82) is 0 Å². The zero-order chi connectivity index (χ0) is 12.3. The van der Waals surface area contributed by atoms with E-state index in [1.165, 1.54) is 7.11 Å². The summed E-state index contributed by atoms with van der Waals surface area (Å²) < 4.78 is 29.0. The van der Waals surface area contributed by atoms with Crippen LogP contribution < -0.4 is 5.48 Å². The number of nitrogens with one attached hydrogen (secondary N) is 1. The lowest BCUT2D eigenvalue weighted by Gasteiger charge is -2.25. The molecule has 0 spiro atoms. The molecule has 1 aromatic rings. The number of ether oxygens (including phenoxy) is 1. The largest absolute Gasteiger partial charge is 0.379 e. The molecule has 0 aliphatic carbocycles. The highest BCUT2D eigenvalue weighted by Crippen LogP contribution is 2.21. The molecule has 1 aromatic carbocycles. The van der Waals surface area contributed by atoms with Crippen molar-refractivity contribution in [3.05, 3.63) is 29.8 Å². The van der Waals surface area contributed by atoms with Crippen LogP contribution in [0.15, 0.2) is 29.2 Å². The average Bonchev–Trinajstić information content (AvgIpc) is 2.24. The molecule has 1 N–H and O–H groups in total. The Labute approximate surface area is 101 Å². The van der Waals surface area contributed by atoms with E-state index in [0.717, 1.165) is 5.56 Å². The van der Waals surface area contributed by atoms with Gasteiger partial charge in [0.2, 0.25) is 0 Å². The minimum Gasteiger partial charge on any atom is -0.379 e. The van der Waals surface area contributed by atoms with E-state index in [4.69, 9.17) is 9.57 Å². The van der Waals surface area contributed by atoms with Gasteiger partial charge in [-0.15, -0.1) is 0 Å². The first-order valence-electron chi connectivity index (χ1n) is 5.31. The summed E-state index contributed by atoms with van der Waals surface area (Å²) in [6.45, 7) is 1.15. The van der Waals surface area contributed by atoms with E-state index in [-0.39, 0.29) is 5.25 Å². The van der Waals surface area contributed by atoms with Crippen molar-refractivity contribution in [2.45, 2.75) is 16.7 Å². The summed E-state index contributed by atoms with van der Waals surface area (Å²) in [4.78, 5) is 5.08. The third-order valence-electron chi connectivity index (χ3n) is 2.72. The van der Waals surface area contributed by atoms with Crippen LogP contribution in [-0.4, -0.2) is 34.0 Å². The van der Waals surface area contributed by atoms with Crippen molar-refractivity contribution in [1.82, 2.24) is 5.48 Å². The third-order valence-corrected chi connectivity index (χ3v) is 4.80. The molecular formula is C11H15NO4S. The summed E-state index contributed by atoms with van der Waals surface area (Å²) in [7, 11) is -1.68. The van der Waals surface area contributed by atoms with Crippen LogP contribution in [0.5, 0.6) is 0 Å². The Morgan fingerprint density at radius 1 is 1.35 bits per heavy atom. The highest BCUT2D eigenvalue weighted by atomic mass is 32.2. The van der Waals surface area contributed by atoms with Crippen molar-refractivity contribution >= 4 is 9.84 Å². The fourth-order valence-electron chi connectivity index (χ4n) is 1.54. The van der Waals surface area contributed by atoms with Crippen LogP contribution in [0.3, 0.4) is 0 Å². The molecule has 1 heterocycles. The van der Waals surface area contributed by atoms with Crippen molar-refractivity contribution in [2.24, 2.45) is 0 Å². The number of rotatable bonds is 5. The lowest BCUT2D eigenvalue weighted by atomic mass is 10.2. The fourth-order valence-corrected chi connectivity index (χ4v) is 2.99. The minimum atomic E-state index is -3.22. The van der Waals surface area contributed by atoms with Gasteiger partial charge in [-0.2, -0.15) is 5.48 Å². The molecule has 0 aromatic heterocycles. The van der Waals surface area contributed by atoms with Crippen LogP contribution >= 0.6 is 0 Å². The van der Waals surface area contributed by atoms with Gasteiger partial charge in [-0.05, 0) is 17.7 Å². The molecule has 0 saturated carbocycles. The summed E-state index contributed by atoms with van der Waals surface area (Å²) in [6.07, 6.45) is 0. The normalized spacial score (nSPS) is 16.8. The molecule has 2 rings (SSSR count). The van der Waals surface area contributed by atoms with Gasteiger partial charge in [0, 0.05) is 6.54 Å². The lowest BCUT2D eigenvalue weighted by Crippen LogP contribution is -2.40. The van der Waals surface area contributed by atoms with Gasteiger partial charge in [0.25, 0.3) is 0 Å². The van der Waals surface area contributed by atoms with Gasteiger partial charge in [0.1, 0.15) is 5.25 Å². The van der Waals surface area contributed by atoms with Crippen LogP contribution in [0, 0.1) is 0 Å². The second kappa shape index (κ2) is 5.14. The molecule has 5 nitrogen and oxygen atoms in total. The van der Waals surface area contributed by atoms with Gasteiger partial charge in [0.05, 0.1) is 25.2 Å². The molecule has 0 amide bonds. The molecule has 1 fully saturated rings. The number of hydroxylamine groups is 1. The van der Waals surface area contributed by atoms with Gasteiger partial charge in [-0.3, -0.25) is 0 Å². The lowest BCUT2D eigenvalue weighted by molar-refractivity contribution is 0.0416. The fraction of sp³-hybridized carbons (Fsp3) is 0.455. The molecule has 0 atom stereocenters. The molecule has 0 unspecified atom stereocenters. The summed E-state index contributed by atoms with van der Waals surface area (Å²) in [5.74, 6) is 0. The van der Waals surface area contributed by atoms with E-state index >= 15 is 0 Å². The van der Waals surface area contributed by atoms with Crippen molar-refractivity contribution in [3.63, 3.8) is 0 Å². The number of hydrogen-bond donors (Lipinski definition) is 1. The topological polar surface area (TPSA) is 64.6 Å². The molecule has 1 aliphatic rings. The first-order valence-corrected chi connectivity index (χ1v) is 6.85. The molecule has 0 radical (unpaired) electrons. The van der Waals surface area contributed by atoms with Crippen molar-refractivity contribution in [2.75, 3.05) is 20.3 Å². The smallest absolute Gasteiger partial charge is 0.185 e. The van der Waals surface area contributed by atoms with E-state index in [1.54, 1.807) is 24.3 Å². The molecule has 17 heavy (non-hydrogen) atoms. The van der Waals surface area contributed by atoms with Crippen LogP contribution in [0.2, 0.25) is 0 Å². The molecular weight excluding hydrogens is 242 g/mol. The van der Waals surface area contributed by atoms with Crippen LogP contribution in [-0.2, 0) is 26.0 Å². The summed E-state index contributed by atoms with van der Waals surface area (Å²) >= 11 is 0. The van der Waals surface area contributed by atoms with E-state index in [9.17, 15) is 8.42 Å². The minimum absolute atomic E-state index is 0.301. The van der Waals surface area contributed by atoms with E-state index in [0.29, 0.717) is 24.7 Å². The van der Waals surface area contributed by atoms with Crippen molar-refractivity contribution < 1.29 is 18.0 Å². The Kier molecular flexibility index (Phi) is 3.78. The molecule has 1 saturated heterocycles. The van der Waals surface area contributed by atoms with Gasteiger partial charge >= 0.3 is 0 Å². The molecule has 0 bridgehead atoms. The SMILES string of the molecule is CONCc1ccc(S(=O)(=O)C2COC2)cc1. The first kappa shape index (κ1) is 12.5. The predicted molar refractivity (Wildman–Crippen MR) is 62.1 cm³/mol. The third kappa shape index (κ3) is 2.66. The standard InChI is InChI=1S/C11H15NO4S/c1-15-12-6-9-2-4-10(5-3-9)17(13,14)11-7-16-8-11/h2-5,11-12H,6-8H2,1H3. The van der Waals surface area contributed by atoms with Crippen LogP contribution in [0.1, 0.15) is 5.56 Å². The Balaban J connectivity index is 2.11. The molecule has 1 aliphatic heterocycles. The second-order valence-electron chi connectivity index (χ2n) is 3.87. The maximum absolute atomic E-state index is 12.0. The van der Waals surface area contributed by atoms with Gasteiger partial charge in [-0.1, -0.05) is 12.1 Å². The summed E-state index contributed by atoms with van der Waals surface area (Å²) in [5.41, 5.74) is 3.67. The van der Waals surface area contributed by atoms with Gasteiger partial charge < -0.3 is 9.57 Å². The quantitative estimate of drug-likeness (QED) is 0.779. The Hall–Kier alpha value is -0.950. The van der Waals surface area contributed by atoms with E-state index < -0.39 is 9.84 Å². The second-order valence-corrected chi connectivity index (χ2v) is 6.10. The zero-order valence-corrected chi connectivity index (χ0v) is 10.4. The average molecular weight is 257 g/mol. The Bertz CT molecular complexity index is 465. The predicted octanol–water partition coefficient (Wildman–Crippen LogP) is 0.510. The van der Waals surface area contributed by atoms with Gasteiger partial charge in [-0.25, -0.2) is 8.42 Å². The number of sulfone groups is 1. The Morgan fingerprint density at radius 3 is 2.47 bits per heavy atom. The Morgan fingerprint density at radius 2 is 2.00 bits per heavy atom. The molecule has 6 heteroatoms. The van der Waals surface area contributed by atoms with Crippen molar-refractivity contribution in [3.8, 4) is 0 Å². The summed E-state index contributed by atoms with van der Waals surface area (Å²) in [6, 6.07) is 6.80. The summed E-state index contributed by atoms with van der Waals surface area (Å²) in [5, 5.41) is -0.384.